The lowest BCUT2D eigenvalue weighted by Crippen LogP contribution is -2.47. The fourth-order valence-electron chi connectivity index (χ4n) is 1.44. The van der Waals surface area contributed by atoms with Crippen LogP contribution >= 0.6 is 0 Å². The third kappa shape index (κ3) is 3.74. The second-order valence-electron chi connectivity index (χ2n) is 4.71. The molecule has 102 valence electrons. The summed E-state index contributed by atoms with van der Waals surface area (Å²) < 4.78 is 39.6. The monoisotopic (exact) mass is 276 g/mol. The van der Waals surface area contributed by atoms with Gasteiger partial charge in [-0.05, 0) is 44.5 Å². The van der Waals surface area contributed by atoms with E-state index in [-0.39, 0.29) is 17.1 Å². The minimum absolute atomic E-state index is 0.00602. The summed E-state index contributed by atoms with van der Waals surface area (Å²) in [6.07, 6.45) is 0. The molecule has 0 aliphatic heterocycles. The van der Waals surface area contributed by atoms with E-state index < -0.39 is 21.4 Å². The Morgan fingerprint density at radius 1 is 1.44 bits per heavy atom. The molecule has 18 heavy (non-hydrogen) atoms. The summed E-state index contributed by atoms with van der Waals surface area (Å²) in [6.45, 7) is 4.79. The summed E-state index contributed by atoms with van der Waals surface area (Å²) in [5, 5.41) is 0. The smallest absolute Gasteiger partial charge is 0.241 e. The van der Waals surface area contributed by atoms with Gasteiger partial charge in [0, 0.05) is 0 Å². The molecule has 0 heterocycles. The quantitative estimate of drug-likeness (QED) is 0.789. The van der Waals surface area contributed by atoms with Gasteiger partial charge in [0.25, 0.3) is 0 Å². The molecule has 0 amide bonds. The van der Waals surface area contributed by atoms with Gasteiger partial charge < -0.3 is 4.84 Å². The second kappa shape index (κ2) is 5.31. The van der Waals surface area contributed by atoms with Gasteiger partial charge in [0.05, 0.1) is 17.0 Å². The van der Waals surface area contributed by atoms with Crippen LogP contribution in [-0.4, -0.2) is 20.6 Å². The van der Waals surface area contributed by atoms with Gasteiger partial charge in [0.1, 0.15) is 5.82 Å². The molecule has 0 aromatic heterocycles. The van der Waals surface area contributed by atoms with E-state index >= 15 is 0 Å². The SMILES string of the molecule is Cc1cc(S(=O)(=O)NC(C)(C)CON)ccc1F. The van der Waals surface area contributed by atoms with E-state index in [4.69, 9.17) is 5.90 Å². The number of nitrogens with two attached hydrogens (primary N) is 1. The van der Waals surface area contributed by atoms with Gasteiger partial charge in [0.15, 0.2) is 0 Å². The van der Waals surface area contributed by atoms with Crippen molar-refractivity contribution in [2.24, 2.45) is 5.90 Å². The standard InChI is InChI=1S/C11H17FN2O3S/c1-8-6-9(4-5-10(8)12)18(15,16)14-11(2,3)7-17-13/h4-6,14H,7,13H2,1-3H3. The number of aryl methyl sites for hydroxylation is 1. The van der Waals surface area contributed by atoms with Gasteiger partial charge in [-0.1, -0.05) is 0 Å². The maximum absolute atomic E-state index is 13.1. The largest absolute Gasteiger partial charge is 0.303 e. The van der Waals surface area contributed by atoms with Crippen molar-refractivity contribution in [2.75, 3.05) is 6.61 Å². The van der Waals surface area contributed by atoms with Crippen LogP contribution in [0.2, 0.25) is 0 Å². The maximum atomic E-state index is 13.1. The number of nitrogens with one attached hydrogen (secondary N) is 1. The van der Waals surface area contributed by atoms with Crippen LogP contribution in [0.3, 0.4) is 0 Å². The molecule has 1 aromatic rings. The minimum Gasteiger partial charge on any atom is -0.303 e. The molecule has 0 unspecified atom stereocenters. The van der Waals surface area contributed by atoms with Gasteiger partial charge in [-0.3, -0.25) is 0 Å². The van der Waals surface area contributed by atoms with Gasteiger partial charge in [0.2, 0.25) is 10.0 Å². The van der Waals surface area contributed by atoms with Gasteiger partial charge >= 0.3 is 0 Å². The molecule has 7 heteroatoms. The Bertz CT molecular complexity index is 529. The van der Waals surface area contributed by atoms with Gasteiger partial charge in [-0.15, -0.1) is 0 Å². The first kappa shape index (κ1) is 15.0. The van der Waals surface area contributed by atoms with E-state index in [9.17, 15) is 12.8 Å². The molecule has 0 saturated heterocycles. The molecule has 0 radical (unpaired) electrons. The Kier molecular flexibility index (Phi) is 4.44. The van der Waals surface area contributed by atoms with Crippen molar-refractivity contribution in [1.29, 1.82) is 0 Å². The number of halogens is 1. The first-order chi connectivity index (χ1) is 8.18. The van der Waals surface area contributed by atoms with E-state index in [0.29, 0.717) is 0 Å². The van der Waals surface area contributed by atoms with Gasteiger partial charge in [-0.25, -0.2) is 23.4 Å². The van der Waals surface area contributed by atoms with Crippen LogP contribution in [0.4, 0.5) is 4.39 Å². The van der Waals surface area contributed by atoms with Crippen LogP contribution in [0.1, 0.15) is 19.4 Å². The molecule has 3 N–H and O–H groups in total. The normalized spacial score (nSPS) is 12.7. The van der Waals surface area contributed by atoms with E-state index in [1.165, 1.54) is 19.1 Å². The Hall–Kier alpha value is -1.02. The zero-order valence-electron chi connectivity index (χ0n) is 10.5. The van der Waals surface area contributed by atoms with Crippen molar-refractivity contribution in [3.05, 3.63) is 29.6 Å². The average molecular weight is 276 g/mol. The summed E-state index contributed by atoms with van der Waals surface area (Å²) >= 11 is 0. The van der Waals surface area contributed by atoms with Crippen LogP contribution in [0, 0.1) is 12.7 Å². The van der Waals surface area contributed by atoms with E-state index in [1.807, 2.05) is 0 Å². The first-order valence-electron chi connectivity index (χ1n) is 5.30. The fraction of sp³-hybridized carbons (Fsp3) is 0.455. The Labute approximate surface area is 106 Å². The zero-order valence-corrected chi connectivity index (χ0v) is 11.3. The van der Waals surface area contributed by atoms with E-state index in [2.05, 4.69) is 9.56 Å². The van der Waals surface area contributed by atoms with Crippen molar-refractivity contribution >= 4 is 10.0 Å². The predicted octanol–water partition coefficient (Wildman–Crippen LogP) is 1.08. The fourth-order valence-corrected chi connectivity index (χ4v) is 2.93. The Morgan fingerprint density at radius 3 is 2.56 bits per heavy atom. The van der Waals surface area contributed by atoms with Crippen LogP contribution in [0.25, 0.3) is 0 Å². The molecule has 1 aromatic carbocycles. The molecule has 0 spiro atoms. The molecule has 0 bridgehead atoms. The number of rotatable bonds is 5. The van der Waals surface area contributed by atoms with Gasteiger partial charge in [-0.2, -0.15) is 0 Å². The number of hydrogen-bond acceptors (Lipinski definition) is 4. The van der Waals surface area contributed by atoms with E-state index in [1.54, 1.807) is 13.8 Å². The number of benzene rings is 1. The Morgan fingerprint density at radius 2 is 2.06 bits per heavy atom. The third-order valence-corrected chi connectivity index (χ3v) is 3.99. The van der Waals surface area contributed by atoms with Crippen molar-refractivity contribution in [3.63, 3.8) is 0 Å². The summed E-state index contributed by atoms with van der Waals surface area (Å²) in [5.41, 5.74) is -0.582. The molecular weight excluding hydrogens is 259 g/mol. The molecule has 0 saturated carbocycles. The minimum atomic E-state index is -3.73. The lowest BCUT2D eigenvalue weighted by molar-refractivity contribution is 0.0929. The molecule has 0 aliphatic carbocycles. The highest BCUT2D eigenvalue weighted by Gasteiger charge is 2.26. The lowest BCUT2D eigenvalue weighted by Gasteiger charge is -2.24. The Balaban J connectivity index is 3.03. The highest BCUT2D eigenvalue weighted by molar-refractivity contribution is 7.89. The summed E-state index contributed by atoms with van der Waals surface area (Å²) in [5.74, 6) is 4.49. The molecule has 0 aliphatic rings. The molecule has 0 atom stereocenters. The highest BCUT2D eigenvalue weighted by atomic mass is 32.2. The molecule has 0 fully saturated rings. The van der Waals surface area contributed by atoms with Crippen molar-refractivity contribution in [1.82, 2.24) is 4.72 Å². The van der Waals surface area contributed by atoms with E-state index in [0.717, 1.165) is 6.07 Å². The topological polar surface area (TPSA) is 81.4 Å². The maximum Gasteiger partial charge on any atom is 0.241 e. The number of hydrogen-bond donors (Lipinski definition) is 2. The highest BCUT2D eigenvalue weighted by Crippen LogP contribution is 2.16. The van der Waals surface area contributed by atoms with Crippen molar-refractivity contribution in [3.8, 4) is 0 Å². The molecular formula is C11H17FN2O3S. The predicted molar refractivity (Wildman–Crippen MR) is 65.7 cm³/mol. The molecule has 5 nitrogen and oxygen atoms in total. The first-order valence-corrected chi connectivity index (χ1v) is 6.78. The summed E-state index contributed by atoms with van der Waals surface area (Å²) in [7, 11) is -3.73. The van der Waals surface area contributed by atoms with Crippen LogP contribution in [-0.2, 0) is 14.9 Å². The zero-order chi connectivity index (χ0) is 14.0. The van der Waals surface area contributed by atoms with Crippen LogP contribution < -0.4 is 10.6 Å². The van der Waals surface area contributed by atoms with Crippen molar-refractivity contribution in [2.45, 2.75) is 31.2 Å². The number of sulfonamides is 1. The summed E-state index contributed by atoms with van der Waals surface area (Å²) in [4.78, 5) is 4.45. The summed E-state index contributed by atoms with van der Waals surface area (Å²) in [6, 6.07) is 3.61. The van der Waals surface area contributed by atoms with Crippen LogP contribution in [0.15, 0.2) is 23.1 Å². The molecule has 1 rings (SSSR count). The lowest BCUT2D eigenvalue weighted by atomic mass is 10.1. The average Bonchev–Trinajstić information content (AvgIpc) is 2.20. The second-order valence-corrected chi connectivity index (χ2v) is 6.39. The third-order valence-electron chi connectivity index (χ3n) is 2.29. The van der Waals surface area contributed by atoms with Crippen molar-refractivity contribution < 1.29 is 17.6 Å². The van der Waals surface area contributed by atoms with Crippen LogP contribution in [0.5, 0.6) is 0 Å².